The molecule has 0 spiro atoms. The second-order valence-corrected chi connectivity index (χ2v) is 4.73. The average Bonchev–Trinajstić information content (AvgIpc) is 2.14. The van der Waals surface area contributed by atoms with E-state index in [1.165, 1.54) is 18.2 Å². The third-order valence-electron chi connectivity index (χ3n) is 1.79. The Morgan fingerprint density at radius 1 is 1.47 bits per heavy atom. The molecule has 0 aliphatic carbocycles. The van der Waals surface area contributed by atoms with E-state index < -0.39 is 5.91 Å². The summed E-state index contributed by atoms with van der Waals surface area (Å²) in [5.74, 6) is -0.943. The second-order valence-electron chi connectivity index (χ2n) is 3.16. The number of amides is 1. The van der Waals surface area contributed by atoms with Crippen molar-refractivity contribution < 1.29 is 15.0 Å². The van der Waals surface area contributed by atoms with Crippen LogP contribution in [0.5, 0.6) is 11.5 Å². The largest absolute Gasteiger partial charge is 0.507 e. The van der Waals surface area contributed by atoms with Crippen molar-refractivity contribution in [2.24, 2.45) is 0 Å². The van der Waals surface area contributed by atoms with Crippen LogP contribution >= 0.6 is 15.9 Å². The number of hydrogen-bond acceptors (Lipinski definition) is 3. The fourth-order valence-electron chi connectivity index (χ4n) is 1.08. The van der Waals surface area contributed by atoms with E-state index in [-0.39, 0.29) is 21.9 Å². The molecule has 1 atom stereocenters. The fraction of sp³-hybridized carbons (Fsp3) is 0.300. The summed E-state index contributed by atoms with van der Waals surface area (Å²) in [4.78, 5) is 11.7. The van der Waals surface area contributed by atoms with Crippen molar-refractivity contribution in [2.45, 2.75) is 11.8 Å². The van der Waals surface area contributed by atoms with Crippen LogP contribution in [0.15, 0.2) is 18.2 Å². The first-order valence-corrected chi connectivity index (χ1v) is 5.37. The summed E-state index contributed by atoms with van der Waals surface area (Å²) in [7, 11) is 0. The number of benzene rings is 1. The summed E-state index contributed by atoms with van der Waals surface area (Å²) in [5, 5.41) is 21.4. The first-order chi connectivity index (χ1) is 7.02. The summed E-state index contributed by atoms with van der Waals surface area (Å²) in [6.07, 6.45) is 0. The number of carbonyl (C=O) groups is 1. The van der Waals surface area contributed by atoms with Gasteiger partial charge >= 0.3 is 0 Å². The molecule has 0 saturated carbocycles. The highest BCUT2D eigenvalue weighted by Crippen LogP contribution is 2.25. The molecular formula is C10H12BrNO3. The van der Waals surface area contributed by atoms with E-state index >= 15 is 0 Å². The first-order valence-electron chi connectivity index (χ1n) is 4.45. The van der Waals surface area contributed by atoms with Gasteiger partial charge in [0.15, 0.2) is 0 Å². The Morgan fingerprint density at radius 3 is 2.47 bits per heavy atom. The second kappa shape index (κ2) is 5.02. The van der Waals surface area contributed by atoms with Crippen LogP contribution in [0, 0.1) is 0 Å². The Kier molecular flexibility index (Phi) is 3.96. The molecule has 0 saturated heterocycles. The Balaban J connectivity index is 2.82. The van der Waals surface area contributed by atoms with Gasteiger partial charge in [-0.15, -0.1) is 0 Å². The van der Waals surface area contributed by atoms with E-state index in [9.17, 15) is 15.0 Å². The maximum Gasteiger partial charge on any atom is 0.258 e. The van der Waals surface area contributed by atoms with Gasteiger partial charge in [-0.1, -0.05) is 28.9 Å². The lowest BCUT2D eigenvalue weighted by molar-refractivity contribution is 0.0949. The Hall–Kier alpha value is -1.23. The molecule has 1 unspecified atom stereocenters. The number of nitrogens with one attached hydrogen (secondary N) is 1. The summed E-state index contributed by atoms with van der Waals surface area (Å²) < 4.78 is 0. The summed E-state index contributed by atoms with van der Waals surface area (Å²) in [5.41, 5.74) is -0.0920. The van der Waals surface area contributed by atoms with Gasteiger partial charge in [0.1, 0.15) is 17.1 Å². The number of phenols is 2. The SMILES string of the molecule is CC(Br)CNC(=O)c1c(O)cccc1O. The van der Waals surface area contributed by atoms with Crippen LogP contribution in [0.2, 0.25) is 0 Å². The topological polar surface area (TPSA) is 69.6 Å². The van der Waals surface area contributed by atoms with Crippen LogP contribution in [0.4, 0.5) is 0 Å². The number of carbonyl (C=O) groups excluding carboxylic acids is 1. The monoisotopic (exact) mass is 273 g/mol. The molecule has 0 heterocycles. The lowest BCUT2D eigenvalue weighted by Crippen LogP contribution is -2.28. The summed E-state index contributed by atoms with van der Waals surface area (Å²) >= 11 is 3.27. The standard InChI is InChI=1S/C10H12BrNO3/c1-6(11)5-12-10(15)9-7(13)3-2-4-8(9)14/h2-4,6,13-14H,5H2,1H3,(H,12,15). The zero-order valence-corrected chi connectivity index (χ0v) is 9.78. The van der Waals surface area contributed by atoms with Crippen molar-refractivity contribution in [3.8, 4) is 11.5 Å². The smallest absolute Gasteiger partial charge is 0.258 e. The van der Waals surface area contributed by atoms with Crippen LogP contribution in [0.3, 0.4) is 0 Å². The molecule has 0 radical (unpaired) electrons. The lowest BCUT2D eigenvalue weighted by Gasteiger charge is -2.09. The highest BCUT2D eigenvalue weighted by atomic mass is 79.9. The number of alkyl halides is 1. The molecule has 0 aliphatic heterocycles. The predicted molar refractivity (Wildman–Crippen MR) is 60.5 cm³/mol. The third-order valence-corrected chi connectivity index (χ3v) is 2.12. The normalized spacial score (nSPS) is 12.1. The van der Waals surface area contributed by atoms with Gasteiger partial charge in [0, 0.05) is 11.4 Å². The van der Waals surface area contributed by atoms with Crippen molar-refractivity contribution in [1.29, 1.82) is 0 Å². The van der Waals surface area contributed by atoms with Crippen LogP contribution < -0.4 is 5.32 Å². The van der Waals surface area contributed by atoms with Gasteiger partial charge < -0.3 is 15.5 Å². The fourth-order valence-corrected chi connectivity index (χ4v) is 1.24. The molecule has 1 amide bonds. The number of halogens is 1. The van der Waals surface area contributed by atoms with E-state index in [2.05, 4.69) is 21.2 Å². The summed E-state index contributed by atoms with van der Waals surface area (Å²) in [6, 6.07) is 4.17. The Labute approximate surface area is 96.1 Å². The van der Waals surface area contributed by atoms with Gasteiger partial charge in [-0.25, -0.2) is 0 Å². The number of rotatable bonds is 3. The lowest BCUT2D eigenvalue weighted by atomic mass is 10.1. The Morgan fingerprint density at radius 2 is 2.00 bits per heavy atom. The van der Waals surface area contributed by atoms with Gasteiger partial charge in [0.05, 0.1) is 0 Å². The molecule has 1 aromatic rings. The highest BCUT2D eigenvalue weighted by molar-refractivity contribution is 9.09. The van der Waals surface area contributed by atoms with Crippen LogP contribution in [-0.2, 0) is 0 Å². The van der Waals surface area contributed by atoms with Crippen molar-refractivity contribution in [3.05, 3.63) is 23.8 Å². The van der Waals surface area contributed by atoms with E-state index in [1.54, 1.807) is 0 Å². The molecular weight excluding hydrogens is 262 g/mol. The van der Waals surface area contributed by atoms with Crippen LogP contribution in [-0.4, -0.2) is 27.5 Å². The summed E-state index contributed by atoms with van der Waals surface area (Å²) in [6.45, 7) is 2.30. The third kappa shape index (κ3) is 3.13. The predicted octanol–water partition coefficient (Wildman–Crippen LogP) is 1.61. The average molecular weight is 274 g/mol. The molecule has 0 bridgehead atoms. The minimum absolute atomic E-state index is 0.0920. The number of hydrogen-bond donors (Lipinski definition) is 3. The molecule has 0 aliphatic rings. The maximum atomic E-state index is 11.5. The van der Waals surface area contributed by atoms with Gasteiger partial charge in [0.2, 0.25) is 0 Å². The molecule has 3 N–H and O–H groups in total. The molecule has 5 heteroatoms. The van der Waals surface area contributed by atoms with Crippen molar-refractivity contribution >= 4 is 21.8 Å². The molecule has 4 nitrogen and oxygen atoms in total. The maximum absolute atomic E-state index is 11.5. The van der Waals surface area contributed by atoms with Crippen molar-refractivity contribution in [3.63, 3.8) is 0 Å². The van der Waals surface area contributed by atoms with E-state index in [0.717, 1.165) is 0 Å². The minimum Gasteiger partial charge on any atom is -0.507 e. The Bertz CT molecular complexity index is 345. The minimum atomic E-state index is -0.489. The van der Waals surface area contributed by atoms with Gasteiger partial charge in [-0.05, 0) is 12.1 Å². The molecule has 1 aromatic carbocycles. The van der Waals surface area contributed by atoms with Gasteiger partial charge in [0.25, 0.3) is 5.91 Å². The zero-order chi connectivity index (χ0) is 11.4. The van der Waals surface area contributed by atoms with E-state index in [4.69, 9.17) is 0 Å². The molecule has 82 valence electrons. The number of phenolic OH excluding ortho intramolecular Hbond substituents is 2. The quantitative estimate of drug-likeness (QED) is 0.733. The van der Waals surface area contributed by atoms with E-state index in [1.807, 2.05) is 6.92 Å². The first kappa shape index (κ1) is 11.8. The van der Waals surface area contributed by atoms with E-state index in [0.29, 0.717) is 6.54 Å². The van der Waals surface area contributed by atoms with Gasteiger partial charge in [-0.3, -0.25) is 4.79 Å². The molecule has 15 heavy (non-hydrogen) atoms. The molecule has 1 rings (SSSR count). The van der Waals surface area contributed by atoms with Gasteiger partial charge in [-0.2, -0.15) is 0 Å². The number of aromatic hydroxyl groups is 2. The highest BCUT2D eigenvalue weighted by Gasteiger charge is 2.15. The van der Waals surface area contributed by atoms with Crippen molar-refractivity contribution in [2.75, 3.05) is 6.54 Å². The van der Waals surface area contributed by atoms with Crippen LogP contribution in [0.1, 0.15) is 17.3 Å². The zero-order valence-electron chi connectivity index (χ0n) is 8.20. The van der Waals surface area contributed by atoms with Crippen LogP contribution in [0.25, 0.3) is 0 Å². The van der Waals surface area contributed by atoms with Crippen molar-refractivity contribution in [1.82, 2.24) is 5.32 Å². The molecule has 0 fully saturated rings. The molecule has 0 aromatic heterocycles.